The van der Waals surface area contributed by atoms with Crippen molar-refractivity contribution in [2.45, 2.75) is 13.0 Å². The van der Waals surface area contributed by atoms with Crippen LogP contribution in [0.2, 0.25) is 5.02 Å². The van der Waals surface area contributed by atoms with Crippen LogP contribution >= 0.6 is 11.6 Å². The third-order valence-corrected chi connectivity index (χ3v) is 3.33. The second-order valence-electron chi connectivity index (χ2n) is 4.54. The summed E-state index contributed by atoms with van der Waals surface area (Å²) in [5, 5.41) is 10.3. The number of hydrogen-bond acceptors (Lipinski definition) is 2. The molecule has 2 N–H and O–H groups in total. The van der Waals surface area contributed by atoms with Crippen molar-refractivity contribution in [3.05, 3.63) is 53.3 Å². The SMILES string of the molecule is CC(O)c1nc2ccc(-c3ccc(Cl)cc3)cc2[nH]1. The molecule has 3 rings (SSSR count). The van der Waals surface area contributed by atoms with Crippen molar-refractivity contribution in [2.75, 3.05) is 0 Å². The molecule has 0 saturated heterocycles. The zero-order chi connectivity index (χ0) is 13.4. The van der Waals surface area contributed by atoms with E-state index in [-0.39, 0.29) is 0 Å². The fraction of sp³-hybridized carbons (Fsp3) is 0.133. The van der Waals surface area contributed by atoms with Crippen LogP contribution in [0.4, 0.5) is 0 Å². The van der Waals surface area contributed by atoms with Crippen LogP contribution in [-0.4, -0.2) is 15.1 Å². The van der Waals surface area contributed by atoms with E-state index in [4.69, 9.17) is 11.6 Å². The molecule has 0 fully saturated rings. The van der Waals surface area contributed by atoms with Crippen LogP contribution in [-0.2, 0) is 0 Å². The Labute approximate surface area is 115 Å². The maximum Gasteiger partial charge on any atom is 0.135 e. The first-order chi connectivity index (χ1) is 9.13. The second-order valence-corrected chi connectivity index (χ2v) is 4.97. The number of nitrogens with zero attached hydrogens (tertiary/aromatic N) is 1. The van der Waals surface area contributed by atoms with Gasteiger partial charge in [0.05, 0.1) is 11.0 Å². The number of imidazole rings is 1. The van der Waals surface area contributed by atoms with Gasteiger partial charge in [-0.3, -0.25) is 0 Å². The molecule has 1 unspecified atom stereocenters. The summed E-state index contributed by atoms with van der Waals surface area (Å²) in [4.78, 5) is 7.46. The molecule has 0 aliphatic carbocycles. The predicted molar refractivity (Wildman–Crippen MR) is 77.2 cm³/mol. The first-order valence-corrected chi connectivity index (χ1v) is 6.45. The highest BCUT2D eigenvalue weighted by molar-refractivity contribution is 6.30. The van der Waals surface area contributed by atoms with Crippen LogP contribution in [0.3, 0.4) is 0 Å². The van der Waals surface area contributed by atoms with Gasteiger partial charge in [-0.05, 0) is 42.3 Å². The Kier molecular flexibility index (Phi) is 3.01. The smallest absolute Gasteiger partial charge is 0.135 e. The number of aromatic amines is 1. The van der Waals surface area contributed by atoms with Crippen LogP contribution in [0.5, 0.6) is 0 Å². The van der Waals surface area contributed by atoms with Crippen LogP contribution in [0.1, 0.15) is 18.9 Å². The molecule has 0 spiro atoms. The Balaban J connectivity index is 2.08. The van der Waals surface area contributed by atoms with Crippen molar-refractivity contribution in [2.24, 2.45) is 0 Å². The topological polar surface area (TPSA) is 48.9 Å². The average Bonchev–Trinajstić information content (AvgIpc) is 2.82. The average molecular weight is 273 g/mol. The van der Waals surface area contributed by atoms with Crippen molar-refractivity contribution in [3.8, 4) is 11.1 Å². The van der Waals surface area contributed by atoms with Gasteiger partial charge in [-0.25, -0.2) is 4.98 Å². The predicted octanol–water partition coefficient (Wildman–Crippen LogP) is 3.94. The third kappa shape index (κ3) is 2.35. The summed E-state index contributed by atoms with van der Waals surface area (Å²) in [6.45, 7) is 1.69. The Hall–Kier alpha value is -1.84. The number of aliphatic hydroxyl groups excluding tert-OH is 1. The lowest BCUT2D eigenvalue weighted by molar-refractivity contribution is 0.190. The third-order valence-electron chi connectivity index (χ3n) is 3.07. The number of halogens is 1. The molecule has 0 saturated carbocycles. The number of aromatic nitrogens is 2. The Bertz CT molecular complexity index is 717. The number of fused-ring (bicyclic) bond motifs is 1. The van der Waals surface area contributed by atoms with Gasteiger partial charge in [0.25, 0.3) is 0 Å². The lowest BCUT2D eigenvalue weighted by Crippen LogP contribution is -1.92. The van der Waals surface area contributed by atoms with E-state index in [1.165, 1.54) is 0 Å². The molecule has 0 radical (unpaired) electrons. The highest BCUT2D eigenvalue weighted by Gasteiger charge is 2.08. The summed E-state index contributed by atoms with van der Waals surface area (Å²) in [6, 6.07) is 13.7. The summed E-state index contributed by atoms with van der Waals surface area (Å²) in [7, 11) is 0. The maximum absolute atomic E-state index is 9.53. The Morgan fingerprint density at radius 1 is 1.11 bits per heavy atom. The van der Waals surface area contributed by atoms with Crippen molar-refractivity contribution in [1.82, 2.24) is 9.97 Å². The van der Waals surface area contributed by atoms with E-state index in [0.29, 0.717) is 5.82 Å². The van der Waals surface area contributed by atoms with E-state index >= 15 is 0 Å². The number of benzene rings is 2. The molecule has 3 aromatic rings. The summed E-state index contributed by atoms with van der Waals surface area (Å²) in [5.74, 6) is 0.586. The molecule has 19 heavy (non-hydrogen) atoms. The molecule has 1 atom stereocenters. The van der Waals surface area contributed by atoms with Crippen molar-refractivity contribution in [1.29, 1.82) is 0 Å². The monoisotopic (exact) mass is 272 g/mol. The molecule has 1 aromatic heterocycles. The van der Waals surface area contributed by atoms with Gasteiger partial charge in [-0.15, -0.1) is 0 Å². The molecule has 0 amide bonds. The lowest BCUT2D eigenvalue weighted by Gasteiger charge is -2.01. The van der Waals surface area contributed by atoms with E-state index in [0.717, 1.165) is 27.2 Å². The normalized spacial score (nSPS) is 12.8. The summed E-state index contributed by atoms with van der Waals surface area (Å²) < 4.78 is 0. The first-order valence-electron chi connectivity index (χ1n) is 6.07. The Morgan fingerprint density at radius 2 is 1.79 bits per heavy atom. The summed E-state index contributed by atoms with van der Waals surface area (Å²) >= 11 is 5.89. The number of rotatable bonds is 2. The largest absolute Gasteiger partial charge is 0.385 e. The van der Waals surface area contributed by atoms with Gasteiger partial charge in [0.15, 0.2) is 0 Å². The molecular formula is C15H13ClN2O. The van der Waals surface area contributed by atoms with Gasteiger partial charge in [-0.1, -0.05) is 29.8 Å². The number of nitrogens with one attached hydrogen (secondary N) is 1. The summed E-state index contributed by atoms with van der Waals surface area (Å²) in [5.41, 5.74) is 3.96. The van der Waals surface area contributed by atoms with Gasteiger partial charge in [-0.2, -0.15) is 0 Å². The minimum Gasteiger partial charge on any atom is -0.385 e. The minimum absolute atomic E-state index is 0.586. The molecule has 0 aliphatic rings. The molecule has 2 aromatic carbocycles. The van der Waals surface area contributed by atoms with Crippen LogP contribution in [0.15, 0.2) is 42.5 Å². The molecular weight excluding hydrogens is 260 g/mol. The number of H-pyrrole nitrogens is 1. The fourth-order valence-electron chi connectivity index (χ4n) is 2.05. The molecule has 4 heteroatoms. The first kappa shape index (κ1) is 12.2. The van der Waals surface area contributed by atoms with Gasteiger partial charge in [0.2, 0.25) is 0 Å². The highest BCUT2D eigenvalue weighted by atomic mass is 35.5. The van der Waals surface area contributed by atoms with Gasteiger partial charge < -0.3 is 10.1 Å². The van der Waals surface area contributed by atoms with Gasteiger partial charge in [0, 0.05) is 5.02 Å². The molecule has 3 nitrogen and oxygen atoms in total. The van der Waals surface area contributed by atoms with Gasteiger partial charge >= 0.3 is 0 Å². The zero-order valence-corrected chi connectivity index (χ0v) is 11.1. The van der Waals surface area contributed by atoms with Crippen LogP contribution < -0.4 is 0 Å². The maximum atomic E-state index is 9.53. The van der Waals surface area contributed by atoms with Crippen molar-refractivity contribution >= 4 is 22.6 Å². The zero-order valence-electron chi connectivity index (χ0n) is 10.4. The number of aliphatic hydroxyl groups is 1. The van der Waals surface area contributed by atoms with Crippen LogP contribution in [0.25, 0.3) is 22.2 Å². The van der Waals surface area contributed by atoms with Crippen LogP contribution in [0, 0.1) is 0 Å². The van der Waals surface area contributed by atoms with E-state index in [1.807, 2.05) is 42.5 Å². The van der Waals surface area contributed by atoms with Crippen molar-refractivity contribution in [3.63, 3.8) is 0 Å². The van der Waals surface area contributed by atoms with E-state index in [2.05, 4.69) is 9.97 Å². The summed E-state index contributed by atoms with van der Waals surface area (Å²) in [6.07, 6.45) is -0.591. The molecule has 0 aliphatic heterocycles. The quantitative estimate of drug-likeness (QED) is 0.742. The van der Waals surface area contributed by atoms with E-state index in [1.54, 1.807) is 6.92 Å². The minimum atomic E-state index is -0.591. The molecule has 0 bridgehead atoms. The highest BCUT2D eigenvalue weighted by Crippen LogP contribution is 2.25. The number of hydrogen-bond donors (Lipinski definition) is 2. The van der Waals surface area contributed by atoms with Crippen molar-refractivity contribution < 1.29 is 5.11 Å². The standard InChI is InChI=1S/C15H13ClN2O/c1-9(19)15-17-13-7-4-11(8-14(13)18-15)10-2-5-12(16)6-3-10/h2-9,19H,1H3,(H,17,18). The fourth-order valence-corrected chi connectivity index (χ4v) is 2.18. The van der Waals surface area contributed by atoms with Gasteiger partial charge in [0.1, 0.15) is 11.9 Å². The Morgan fingerprint density at radius 3 is 2.47 bits per heavy atom. The second kappa shape index (κ2) is 4.68. The van der Waals surface area contributed by atoms with E-state index in [9.17, 15) is 5.11 Å². The molecule has 1 heterocycles. The van der Waals surface area contributed by atoms with E-state index < -0.39 is 6.10 Å². The molecule has 96 valence electrons. The lowest BCUT2D eigenvalue weighted by atomic mass is 10.1.